The van der Waals surface area contributed by atoms with Crippen LogP contribution in [0.25, 0.3) is 6.08 Å². The van der Waals surface area contributed by atoms with E-state index in [4.69, 9.17) is 0 Å². The number of rotatable bonds is 3. The predicted octanol–water partition coefficient (Wildman–Crippen LogP) is 3.64. The molecule has 0 aliphatic carbocycles. The maximum atomic E-state index is 12.9. The molecular weight excluding hydrogens is 281 g/mol. The van der Waals surface area contributed by atoms with E-state index in [1.165, 1.54) is 30.3 Å². The lowest BCUT2D eigenvalue weighted by atomic mass is 9.89. The summed E-state index contributed by atoms with van der Waals surface area (Å²) in [5.74, 6) is -0.868. The number of H-pyrrole nitrogens is 1. The van der Waals surface area contributed by atoms with E-state index in [1.807, 2.05) is 26.8 Å². The zero-order chi connectivity index (χ0) is 16.3. The number of hydrogen-bond donors (Lipinski definition) is 1. The van der Waals surface area contributed by atoms with E-state index in [-0.39, 0.29) is 16.6 Å². The zero-order valence-electron chi connectivity index (χ0n) is 12.6. The Morgan fingerprint density at radius 1 is 1.32 bits per heavy atom. The van der Waals surface area contributed by atoms with Crippen LogP contribution in [0.2, 0.25) is 0 Å². The second-order valence-electron chi connectivity index (χ2n) is 5.96. The number of ketones is 1. The van der Waals surface area contributed by atoms with Gasteiger partial charge in [-0.3, -0.25) is 9.89 Å². The quantitative estimate of drug-likeness (QED) is 0.534. The van der Waals surface area contributed by atoms with Crippen LogP contribution in [-0.4, -0.2) is 16.0 Å². The van der Waals surface area contributed by atoms with Gasteiger partial charge in [0.25, 0.3) is 0 Å². The highest BCUT2D eigenvalue weighted by molar-refractivity contribution is 6.14. The van der Waals surface area contributed by atoms with Gasteiger partial charge in [0.15, 0.2) is 0 Å². The van der Waals surface area contributed by atoms with E-state index in [2.05, 4.69) is 10.2 Å². The van der Waals surface area contributed by atoms with Gasteiger partial charge >= 0.3 is 0 Å². The normalized spacial score (nSPS) is 12.0. The summed E-state index contributed by atoms with van der Waals surface area (Å²) in [6.07, 6.45) is 3.09. The highest BCUT2D eigenvalue weighted by Crippen LogP contribution is 2.25. The standard InChI is InChI=1S/C17H16FN3O/c1-17(2,3)16-13(10-20-21-16)8-12(9-19)15(22)11-4-6-14(18)7-5-11/h4-8,10H,1-3H3,(H,20,21)/b12-8-. The molecule has 1 aromatic heterocycles. The van der Waals surface area contributed by atoms with Crippen LogP contribution in [0.5, 0.6) is 0 Å². The number of nitrogens with zero attached hydrogens (tertiary/aromatic N) is 2. The molecule has 0 fully saturated rings. The molecule has 0 saturated heterocycles. The Balaban J connectivity index is 2.41. The number of aromatic nitrogens is 2. The lowest BCUT2D eigenvalue weighted by Gasteiger charge is -2.17. The minimum atomic E-state index is -0.441. The molecule has 5 heteroatoms. The van der Waals surface area contributed by atoms with Crippen molar-refractivity contribution in [2.75, 3.05) is 0 Å². The molecular formula is C17H16FN3O. The number of benzene rings is 1. The number of hydrogen-bond acceptors (Lipinski definition) is 3. The van der Waals surface area contributed by atoms with Crippen molar-refractivity contribution in [1.29, 1.82) is 5.26 Å². The van der Waals surface area contributed by atoms with Crippen LogP contribution in [0, 0.1) is 17.1 Å². The summed E-state index contributed by atoms with van der Waals surface area (Å²) in [5, 5.41) is 16.1. The van der Waals surface area contributed by atoms with Crippen molar-refractivity contribution in [2.24, 2.45) is 0 Å². The first-order valence-electron chi connectivity index (χ1n) is 6.79. The van der Waals surface area contributed by atoms with E-state index in [0.29, 0.717) is 5.56 Å². The summed E-state index contributed by atoms with van der Waals surface area (Å²) in [6, 6.07) is 7.03. The predicted molar refractivity (Wildman–Crippen MR) is 81.6 cm³/mol. The molecule has 0 aliphatic heterocycles. The van der Waals surface area contributed by atoms with Crippen molar-refractivity contribution in [3.63, 3.8) is 0 Å². The summed E-state index contributed by atoms with van der Waals surface area (Å²) in [7, 11) is 0. The lowest BCUT2D eigenvalue weighted by molar-refractivity contribution is 0.104. The van der Waals surface area contributed by atoms with Gasteiger partial charge in [0.2, 0.25) is 5.78 Å². The molecule has 1 aromatic carbocycles. The Bertz CT molecular complexity index is 758. The molecule has 0 atom stereocenters. The van der Waals surface area contributed by atoms with Gasteiger partial charge in [-0.05, 0) is 30.3 Å². The Kier molecular flexibility index (Phi) is 4.22. The van der Waals surface area contributed by atoms with E-state index in [1.54, 1.807) is 6.20 Å². The van der Waals surface area contributed by atoms with Crippen molar-refractivity contribution in [1.82, 2.24) is 10.2 Å². The molecule has 0 saturated carbocycles. The van der Waals surface area contributed by atoms with Crippen LogP contribution in [-0.2, 0) is 5.41 Å². The van der Waals surface area contributed by atoms with Gasteiger partial charge in [-0.2, -0.15) is 10.4 Å². The van der Waals surface area contributed by atoms with Gasteiger partial charge in [-0.15, -0.1) is 0 Å². The van der Waals surface area contributed by atoms with Crippen LogP contribution >= 0.6 is 0 Å². The fraction of sp³-hybridized carbons (Fsp3) is 0.235. The molecule has 0 radical (unpaired) electrons. The maximum absolute atomic E-state index is 12.9. The number of carbonyl (C=O) groups excluding carboxylic acids is 1. The van der Waals surface area contributed by atoms with Crippen LogP contribution in [0.15, 0.2) is 36.0 Å². The molecule has 0 unspecified atom stereocenters. The second kappa shape index (κ2) is 5.94. The van der Waals surface area contributed by atoms with E-state index in [9.17, 15) is 14.4 Å². The minimum absolute atomic E-state index is 0.0153. The van der Waals surface area contributed by atoms with Gasteiger partial charge in [-0.25, -0.2) is 4.39 Å². The summed E-state index contributed by atoms with van der Waals surface area (Å²) in [5.41, 5.74) is 1.60. The number of allylic oxidation sites excluding steroid dienone is 1. The first kappa shape index (κ1) is 15.6. The van der Waals surface area contributed by atoms with Crippen LogP contribution < -0.4 is 0 Å². The number of nitriles is 1. The molecule has 0 amide bonds. The van der Waals surface area contributed by atoms with Gasteiger partial charge in [0.05, 0.1) is 6.20 Å². The van der Waals surface area contributed by atoms with Crippen LogP contribution in [0.4, 0.5) is 4.39 Å². The summed E-state index contributed by atoms with van der Waals surface area (Å²) in [6.45, 7) is 6.02. The fourth-order valence-corrected chi connectivity index (χ4v) is 2.07. The van der Waals surface area contributed by atoms with E-state index < -0.39 is 11.6 Å². The third-order valence-corrected chi connectivity index (χ3v) is 3.19. The fourth-order valence-electron chi connectivity index (χ4n) is 2.07. The largest absolute Gasteiger partial charge is 0.288 e. The molecule has 0 spiro atoms. The number of aromatic amines is 1. The topological polar surface area (TPSA) is 69.5 Å². The Hall–Kier alpha value is -2.74. The van der Waals surface area contributed by atoms with Crippen LogP contribution in [0.3, 0.4) is 0 Å². The maximum Gasteiger partial charge on any atom is 0.203 e. The summed E-state index contributed by atoms with van der Waals surface area (Å²) < 4.78 is 12.9. The first-order chi connectivity index (χ1) is 10.3. The van der Waals surface area contributed by atoms with E-state index in [0.717, 1.165) is 5.69 Å². The molecule has 0 aliphatic rings. The second-order valence-corrected chi connectivity index (χ2v) is 5.96. The molecule has 2 aromatic rings. The third kappa shape index (κ3) is 3.29. The van der Waals surface area contributed by atoms with Crippen molar-refractivity contribution >= 4 is 11.9 Å². The Labute approximate surface area is 128 Å². The molecule has 1 N–H and O–H groups in total. The SMILES string of the molecule is CC(C)(C)c1[nH]ncc1/C=C(/C#N)C(=O)c1ccc(F)cc1. The zero-order valence-corrected chi connectivity index (χ0v) is 12.6. The molecule has 0 bridgehead atoms. The number of nitrogens with one attached hydrogen (secondary N) is 1. The summed E-state index contributed by atoms with van der Waals surface area (Å²) in [4.78, 5) is 12.3. The summed E-state index contributed by atoms with van der Waals surface area (Å²) >= 11 is 0. The minimum Gasteiger partial charge on any atom is -0.288 e. The van der Waals surface area contributed by atoms with Gasteiger partial charge in [0, 0.05) is 22.2 Å². The first-order valence-corrected chi connectivity index (χ1v) is 6.79. The van der Waals surface area contributed by atoms with Crippen molar-refractivity contribution in [2.45, 2.75) is 26.2 Å². The van der Waals surface area contributed by atoms with Crippen molar-refractivity contribution < 1.29 is 9.18 Å². The average Bonchev–Trinajstić information content (AvgIpc) is 2.93. The Morgan fingerprint density at radius 2 is 1.95 bits per heavy atom. The van der Waals surface area contributed by atoms with Crippen molar-refractivity contribution in [3.05, 3.63) is 58.7 Å². The molecule has 22 heavy (non-hydrogen) atoms. The molecule has 112 valence electrons. The number of halogens is 1. The van der Waals surface area contributed by atoms with E-state index >= 15 is 0 Å². The van der Waals surface area contributed by atoms with Gasteiger partial charge in [0.1, 0.15) is 17.5 Å². The highest BCUT2D eigenvalue weighted by Gasteiger charge is 2.20. The monoisotopic (exact) mass is 297 g/mol. The lowest BCUT2D eigenvalue weighted by Crippen LogP contribution is -2.13. The number of carbonyl (C=O) groups is 1. The number of Topliss-reactive ketones (excluding diaryl/α,β-unsaturated/α-hetero) is 1. The smallest absolute Gasteiger partial charge is 0.203 e. The highest BCUT2D eigenvalue weighted by atomic mass is 19.1. The third-order valence-electron chi connectivity index (χ3n) is 3.19. The average molecular weight is 297 g/mol. The molecule has 1 heterocycles. The van der Waals surface area contributed by atoms with Gasteiger partial charge in [-0.1, -0.05) is 20.8 Å². The molecule has 4 nitrogen and oxygen atoms in total. The van der Waals surface area contributed by atoms with Crippen LogP contribution in [0.1, 0.15) is 42.4 Å². The van der Waals surface area contributed by atoms with Gasteiger partial charge < -0.3 is 0 Å². The molecule has 2 rings (SSSR count). The Morgan fingerprint density at radius 3 is 2.50 bits per heavy atom. The van der Waals surface area contributed by atoms with Crippen molar-refractivity contribution in [3.8, 4) is 6.07 Å².